The summed E-state index contributed by atoms with van der Waals surface area (Å²) in [6.07, 6.45) is 2.90. The molecule has 7 heteroatoms. The number of carbonyl (C=O) groups is 1. The number of nitrogens with zero attached hydrogens (tertiary/aromatic N) is 3. The molecule has 3 atom stereocenters. The Morgan fingerprint density at radius 3 is 2.34 bits per heavy atom. The SMILES string of the molecule is CCNC(=NCc1ccc(CN2CC(C)CC(C)C2)cc1)NC1CCN(C(=O)CC)C1.I. The van der Waals surface area contributed by atoms with Crippen molar-refractivity contribution in [3.63, 3.8) is 0 Å². The quantitative estimate of drug-likeness (QED) is 0.305. The van der Waals surface area contributed by atoms with Gasteiger partial charge < -0.3 is 15.5 Å². The van der Waals surface area contributed by atoms with E-state index in [-0.39, 0.29) is 35.9 Å². The number of piperidine rings is 1. The van der Waals surface area contributed by atoms with Crippen molar-refractivity contribution < 1.29 is 4.79 Å². The maximum atomic E-state index is 11.9. The Labute approximate surface area is 211 Å². The number of aliphatic imine (C=N–C) groups is 1. The van der Waals surface area contributed by atoms with Gasteiger partial charge in [-0.25, -0.2) is 4.99 Å². The summed E-state index contributed by atoms with van der Waals surface area (Å²) in [6.45, 7) is 15.3. The predicted molar refractivity (Wildman–Crippen MR) is 143 cm³/mol. The monoisotopic (exact) mass is 555 g/mol. The highest BCUT2D eigenvalue weighted by atomic mass is 127. The molecule has 1 aromatic rings. The lowest BCUT2D eigenvalue weighted by molar-refractivity contribution is -0.129. The average Bonchev–Trinajstić information content (AvgIpc) is 3.20. The average molecular weight is 556 g/mol. The van der Waals surface area contributed by atoms with Gasteiger partial charge in [-0.05, 0) is 42.7 Å². The maximum Gasteiger partial charge on any atom is 0.222 e. The van der Waals surface area contributed by atoms with Crippen LogP contribution in [0.5, 0.6) is 0 Å². The van der Waals surface area contributed by atoms with Crippen LogP contribution in [0.1, 0.15) is 58.1 Å². The summed E-state index contributed by atoms with van der Waals surface area (Å²) in [5.74, 6) is 2.65. The number of likely N-dealkylation sites (tertiary alicyclic amines) is 2. The third kappa shape index (κ3) is 8.21. The molecule has 1 amide bonds. The van der Waals surface area contributed by atoms with E-state index in [1.165, 1.54) is 30.6 Å². The summed E-state index contributed by atoms with van der Waals surface area (Å²) >= 11 is 0. The first kappa shape index (κ1) is 26.9. The molecule has 180 valence electrons. The summed E-state index contributed by atoms with van der Waals surface area (Å²) in [6, 6.07) is 9.18. The van der Waals surface area contributed by atoms with Gasteiger partial charge >= 0.3 is 0 Å². The van der Waals surface area contributed by atoms with E-state index in [0.717, 1.165) is 50.4 Å². The molecule has 3 rings (SSSR count). The van der Waals surface area contributed by atoms with Gasteiger partial charge in [-0.3, -0.25) is 9.69 Å². The van der Waals surface area contributed by atoms with Gasteiger partial charge in [0.05, 0.1) is 6.54 Å². The van der Waals surface area contributed by atoms with E-state index in [0.29, 0.717) is 13.0 Å². The number of rotatable bonds is 7. The van der Waals surface area contributed by atoms with Crippen LogP contribution in [-0.2, 0) is 17.9 Å². The van der Waals surface area contributed by atoms with Crippen LogP contribution in [0.4, 0.5) is 0 Å². The van der Waals surface area contributed by atoms with Crippen LogP contribution in [0.3, 0.4) is 0 Å². The van der Waals surface area contributed by atoms with Crippen molar-refractivity contribution in [1.29, 1.82) is 0 Å². The van der Waals surface area contributed by atoms with Crippen molar-refractivity contribution in [3.05, 3.63) is 35.4 Å². The fraction of sp³-hybridized carbons (Fsp3) is 0.680. The van der Waals surface area contributed by atoms with Gasteiger partial charge in [0.25, 0.3) is 0 Å². The van der Waals surface area contributed by atoms with E-state index < -0.39 is 0 Å². The number of nitrogens with one attached hydrogen (secondary N) is 2. The molecule has 0 radical (unpaired) electrons. The first-order valence-electron chi connectivity index (χ1n) is 12.1. The zero-order valence-electron chi connectivity index (χ0n) is 20.3. The van der Waals surface area contributed by atoms with Crippen LogP contribution in [0.2, 0.25) is 0 Å². The minimum atomic E-state index is 0. The largest absolute Gasteiger partial charge is 0.357 e. The fourth-order valence-corrected chi connectivity index (χ4v) is 4.94. The van der Waals surface area contributed by atoms with Crippen LogP contribution < -0.4 is 10.6 Å². The zero-order chi connectivity index (χ0) is 22.2. The lowest BCUT2D eigenvalue weighted by Crippen LogP contribution is -2.45. The maximum absolute atomic E-state index is 11.9. The molecule has 32 heavy (non-hydrogen) atoms. The molecule has 2 aliphatic rings. The first-order chi connectivity index (χ1) is 15.0. The Balaban J connectivity index is 0.00000363. The van der Waals surface area contributed by atoms with Gasteiger partial charge in [0.2, 0.25) is 5.91 Å². The van der Waals surface area contributed by atoms with Crippen molar-refractivity contribution in [2.75, 3.05) is 32.7 Å². The van der Waals surface area contributed by atoms with Crippen LogP contribution in [0.25, 0.3) is 0 Å². The van der Waals surface area contributed by atoms with Gasteiger partial charge in [-0.1, -0.05) is 45.0 Å². The Morgan fingerprint density at radius 1 is 1.06 bits per heavy atom. The molecule has 0 saturated carbocycles. The fourth-order valence-electron chi connectivity index (χ4n) is 4.94. The second-order valence-corrected chi connectivity index (χ2v) is 9.48. The summed E-state index contributed by atoms with van der Waals surface area (Å²) < 4.78 is 0. The minimum Gasteiger partial charge on any atom is -0.357 e. The number of carbonyl (C=O) groups excluding carboxylic acids is 1. The van der Waals surface area contributed by atoms with Crippen molar-refractivity contribution in [2.24, 2.45) is 16.8 Å². The molecule has 0 spiro atoms. The van der Waals surface area contributed by atoms with E-state index in [2.05, 4.69) is 60.6 Å². The van der Waals surface area contributed by atoms with Gasteiger partial charge in [0.15, 0.2) is 5.96 Å². The zero-order valence-corrected chi connectivity index (χ0v) is 22.6. The van der Waals surface area contributed by atoms with Crippen LogP contribution in [0, 0.1) is 11.8 Å². The van der Waals surface area contributed by atoms with Crippen LogP contribution in [-0.4, -0.2) is 60.4 Å². The van der Waals surface area contributed by atoms with Crippen molar-refractivity contribution in [3.8, 4) is 0 Å². The molecule has 0 aromatic heterocycles. The number of benzene rings is 1. The van der Waals surface area contributed by atoms with Crippen LogP contribution in [0.15, 0.2) is 29.3 Å². The lowest BCUT2D eigenvalue weighted by Gasteiger charge is -2.35. The number of guanidine groups is 1. The molecule has 6 nitrogen and oxygen atoms in total. The highest BCUT2D eigenvalue weighted by Crippen LogP contribution is 2.22. The molecule has 3 unspecified atom stereocenters. The molecule has 2 heterocycles. The van der Waals surface area contributed by atoms with E-state index >= 15 is 0 Å². The molecule has 2 fully saturated rings. The third-order valence-electron chi connectivity index (χ3n) is 6.32. The van der Waals surface area contributed by atoms with E-state index in [4.69, 9.17) is 4.99 Å². The normalized spacial score (nSPS) is 24.2. The third-order valence-corrected chi connectivity index (χ3v) is 6.32. The standard InChI is InChI=1S/C25H41N5O.HI/c1-5-24(31)30-12-11-23(18-30)28-25(26-6-2)27-14-21-7-9-22(10-8-21)17-29-15-19(3)13-20(4)16-29;/h7-10,19-20,23H,5-6,11-18H2,1-4H3,(H2,26,27,28);1H. The topological polar surface area (TPSA) is 60.0 Å². The second-order valence-electron chi connectivity index (χ2n) is 9.48. The number of hydrogen-bond acceptors (Lipinski definition) is 3. The van der Waals surface area contributed by atoms with Gasteiger partial charge in [0, 0.05) is 51.7 Å². The Hall–Kier alpha value is -1.35. The van der Waals surface area contributed by atoms with Gasteiger partial charge in [-0.2, -0.15) is 0 Å². The summed E-state index contributed by atoms with van der Waals surface area (Å²) in [5, 5.41) is 6.85. The van der Waals surface area contributed by atoms with Gasteiger partial charge in [-0.15, -0.1) is 24.0 Å². The van der Waals surface area contributed by atoms with Crippen LogP contribution >= 0.6 is 24.0 Å². The Bertz CT molecular complexity index is 728. The molecular weight excluding hydrogens is 513 g/mol. The van der Waals surface area contributed by atoms with E-state index in [9.17, 15) is 4.79 Å². The Morgan fingerprint density at radius 2 is 1.72 bits per heavy atom. The highest BCUT2D eigenvalue weighted by molar-refractivity contribution is 14.0. The first-order valence-corrected chi connectivity index (χ1v) is 12.1. The minimum absolute atomic E-state index is 0. The van der Waals surface area contributed by atoms with Crippen molar-refractivity contribution in [2.45, 2.75) is 66.1 Å². The predicted octanol–water partition coefficient (Wildman–Crippen LogP) is 3.85. The molecular formula is C25H42IN5O. The second kappa shape index (κ2) is 13.4. The van der Waals surface area contributed by atoms with Gasteiger partial charge in [0.1, 0.15) is 0 Å². The van der Waals surface area contributed by atoms with E-state index in [1.54, 1.807) is 0 Å². The summed E-state index contributed by atoms with van der Waals surface area (Å²) in [4.78, 5) is 21.2. The summed E-state index contributed by atoms with van der Waals surface area (Å²) in [5.41, 5.74) is 2.60. The Kier molecular flexibility index (Phi) is 11.2. The van der Waals surface area contributed by atoms with Crippen molar-refractivity contribution >= 4 is 35.8 Å². The molecule has 0 bridgehead atoms. The number of halogens is 1. The number of amides is 1. The van der Waals surface area contributed by atoms with E-state index in [1.807, 2.05) is 11.8 Å². The molecule has 0 aliphatic carbocycles. The molecule has 1 aromatic carbocycles. The van der Waals surface area contributed by atoms with Crippen molar-refractivity contribution in [1.82, 2.24) is 20.4 Å². The highest BCUT2D eigenvalue weighted by Gasteiger charge is 2.25. The molecule has 2 aliphatic heterocycles. The number of hydrogen-bond donors (Lipinski definition) is 2. The summed E-state index contributed by atoms with van der Waals surface area (Å²) in [7, 11) is 0. The molecule has 2 N–H and O–H groups in total. The molecule has 2 saturated heterocycles. The smallest absolute Gasteiger partial charge is 0.222 e. The lowest BCUT2D eigenvalue weighted by atomic mass is 9.91.